The third kappa shape index (κ3) is 2.72. The molecule has 0 unspecified atom stereocenters. The van der Waals surface area contributed by atoms with Gasteiger partial charge in [0.1, 0.15) is 0 Å². The van der Waals surface area contributed by atoms with Crippen molar-refractivity contribution in [2.24, 2.45) is 5.92 Å². The van der Waals surface area contributed by atoms with Crippen LogP contribution < -0.4 is 5.73 Å². The van der Waals surface area contributed by atoms with Crippen LogP contribution in [0.3, 0.4) is 0 Å². The molecule has 3 nitrogen and oxygen atoms in total. The summed E-state index contributed by atoms with van der Waals surface area (Å²) in [6, 6.07) is 5.08. The number of nitrogen functional groups attached to an aromatic ring is 1. The van der Waals surface area contributed by atoms with Crippen molar-refractivity contribution in [3.05, 3.63) is 28.2 Å². The lowest BCUT2D eigenvalue weighted by Gasteiger charge is -2.05. The quantitative estimate of drug-likeness (QED) is 0.678. The number of nitrogens with two attached hydrogens (primary N) is 1. The predicted octanol–water partition coefficient (Wildman–Crippen LogP) is 2.60. The van der Waals surface area contributed by atoms with Crippen LogP contribution in [0.15, 0.2) is 22.7 Å². The van der Waals surface area contributed by atoms with Gasteiger partial charge in [0.25, 0.3) is 0 Å². The molecular weight excluding hydrogens is 258 g/mol. The number of benzene rings is 1. The van der Waals surface area contributed by atoms with E-state index in [1.54, 1.807) is 18.2 Å². The van der Waals surface area contributed by atoms with Gasteiger partial charge in [-0.3, -0.25) is 0 Å². The molecule has 0 aliphatic heterocycles. The fraction of sp³-hybridized carbons (Fsp3) is 0.364. The predicted molar refractivity (Wildman–Crippen MR) is 61.6 cm³/mol. The van der Waals surface area contributed by atoms with Crippen LogP contribution in [-0.2, 0) is 4.74 Å². The van der Waals surface area contributed by atoms with E-state index in [4.69, 9.17) is 10.5 Å². The molecule has 0 bridgehead atoms. The van der Waals surface area contributed by atoms with Crippen LogP contribution in [0.1, 0.15) is 23.2 Å². The SMILES string of the molecule is Nc1cc(C(=O)OCC2CC2)ccc1Br. The molecule has 0 amide bonds. The number of ether oxygens (including phenoxy) is 1. The molecule has 1 aromatic rings. The number of hydrogen-bond donors (Lipinski definition) is 1. The van der Waals surface area contributed by atoms with Crippen molar-refractivity contribution in [3.63, 3.8) is 0 Å². The van der Waals surface area contributed by atoms with Gasteiger partial charge in [0.2, 0.25) is 0 Å². The molecule has 0 atom stereocenters. The summed E-state index contributed by atoms with van der Waals surface area (Å²) < 4.78 is 5.93. The maximum absolute atomic E-state index is 11.5. The Labute approximate surface area is 96.7 Å². The number of esters is 1. The highest BCUT2D eigenvalue weighted by Crippen LogP contribution is 2.29. The zero-order valence-corrected chi connectivity index (χ0v) is 9.79. The molecule has 15 heavy (non-hydrogen) atoms. The van der Waals surface area contributed by atoms with Crippen LogP contribution in [0.2, 0.25) is 0 Å². The average molecular weight is 270 g/mol. The number of anilines is 1. The van der Waals surface area contributed by atoms with E-state index in [1.165, 1.54) is 12.8 Å². The van der Waals surface area contributed by atoms with Gasteiger partial charge >= 0.3 is 5.97 Å². The van der Waals surface area contributed by atoms with Crippen LogP contribution in [0.25, 0.3) is 0 Å². The van der Waals surface area contributed by atoms with Gasteiger partial charge in [0, 0.05) is 10.2 Å². The number of halogens is 1. The van der Waals surface area contributed by atoms with Gasteiger partial charge < -0.3 is 10.5 Å². The normalized spacial score (nSPS) is 15.0. The molecule has 0 radical (unpaired) electrons. The van der Waals surface area contributed by atoms with Crippen molar-refractivity contribution in [3.8, 4) is 0 Å². The Hall–Kier alpha value is -1.03. The molecule has 1 aliphatic rings. The van der Waals surface area contributed by atoms with Gasteiger partial charge in [-0.05, 0) is 52.9 Å². The molecule has 1 saturated carbocycles. The van der Waals surface area contributed by atoms with Crippen LogP contribution in [0, 0.1) is 5.92 Å². The van der Waals surface area contributed by atoms with Gasteiger partial charge in [0.05, 0.1) is 12.2 Å². The lowest BCUT2D eigenvalue weighted by molar-refractivity contribution is 0.0486. The smallest absolute Gasteiger partial charge is 0.338 e. The van der Waals surface area contributed by atoms with Gasteiger partial charge in [-0.25, -0.2) is 4.79 Å². The summed E-state index contributed by atoms with van der Waals surface area (Å²) in [4.78, 5) is 11.5. The molecule has 0 spiro atoms. The minimum atomic E-state index is -0.291. The molecule has 2 rings (SSSR count). The summed E-state index contributed by atoms with van der Waals surface area (Å²) in [6.45, 7) is 0.537. The highest BCUT2D eigenvalue weighted by Gasteiger charge is 2.23. The summed E-state index contributed by atoms with van der Waals surface area (Å²) in [5.74, 6) is 0.294. The number of carbonyl (C=O) groups is 1. The van der Waals surface area contributed by atoms with E-state index in [0.717, 1.165) is 4.47 Å². The van der Waals surface area contributed by atoms with E-state index >= 15 is 0 Å². The van der Waals surface area contributed by atoms with Crippen molar-refractivity contribution in [2.45, 2.75) is 12.8 Å². The highest BCUT2D eigenvalue weighted by atomic mass is 79.9. The molecule has 1 fully saturated rings. The summed E-state index contributed by atoms with van der Waals surface area (Å²) in [5, 5.41) is 0. The Morgan fingerprint density at radius 1 is 1.53 bits per heavy atom. The standard InChI is InChI=1S/C11H12BrNO2/c12-9-4-3-8(5-10(9)13)11(14)15-6-7-1-2-7/h3-5,7H,1-2,6,13H2. The monoisotopic (exact) mass is 269 g/mol. The van der Waals surface area contributed by atoms with Crippen LogP contribution >= 0.6 is 15.9 Å². The van der Waals surface area contributed by atoms with Gasteiger partial charge in [0.15, 0.2) is 0 Å². The molecule has 2 N–H and O–H groups in total. The van der Waals surface area contributed by atoms with E-state index in [9.17, 15) is 4.79 Å². The molecule has 0 heterocycles. The second-order valence-electron chi connectivity index (χ2n) is 3.78. The third-order valence-corrected chi connectivity index (χ3v) is 3.10. The Morgan fingerprint density at radius 3 is 2.87 bits per heavy atom. The first kappa shape index (κ1) is 10.5. The van der Waals surface area contributed by atoms with Crippen LogP contribution in [-0.4, -0.2) is 12.6 Å². The number of carbonyl (C=O) groups excluding carboxylic acids is 1. The van der Waals surface area contributed by atoms with Crippen LogP contribution in [0.5, 0.6) is 0 Å². The van der Waals surface area contributed by atoms with E-state index in [0.29, 0.717) is 23.8 Å². The number of hydrogen-bond acceptors (Lipinski definition) is 3. The second kappa shape index (κ2) is 4.23. The Morgan fingerprint density at radius 2 is 2.27 bits per heavy atom. The molecule has 0 saturated heterocycles. The molecule has 1 aliphatic carbocycles. The molecule has 0 aromatic heterocycles. The highest BCUT2D eigenvalue weighted by molar-refractivity contribution is 9.10. The van der Waals surface area contributed by atoms with Crippen LogP contribution in [0.4, 0.5) is 5.69 Å². The minimum Gasteiger partial charge on any atom is -0.462 e. The van der Waals surface area contributed by atoms with E-state index in [2.05, 4.69) is 15.9 Å². The largest absolute Gasteiger partial charge is 0.462 e. The Bertz CT molecular complexity index is 388. The number of rotatable bonds is 3. The maximum atomic E-state index is 11.5. The average Bonchev–Trinajstić information content (AvgIpc) is 3.02. The van der Waals surface area contributed by atoms with Gasteiger partial charge in [-0.15, -0.1) is 0 Å². The van der Waals surface area contributed by atoms with E-state index in [-0.39, 0.29) is 5.97 Å². The third-order valence-electron chi connectivity index (χ3n) is 2.38. The van der Waals surface area contributed by atoms with E-state index in [1.807, 2.05) is 0 Å². The minimum absolute atomic E-state index is 0.291. The summed E-state index contributed by atoms with van der Waals surface area (Å²) in [6.07, 6.45) is 2.35. The zero-order chi connectivity index (χ0) is 10.8. The van der Waals surface area contributed by atoms with Crippen molar-refractivity contribution >= 4 is 27.6 Å². The topological polar surface area (TPSA) is 52.3 Å². The first-order valence-corrected chi connectivity index (χ1v) is 5.68. The summed E-state index contributed by atoms with van der Waals surface area (Å²) in [7, 11) is 0. The fourth-order valence-corrected chi connectivity index (χ4v) is 1.48. The molecular formula is C11H12BrNO2. The maximum Gasteiger partial charge on any atom is 0.338 e. The fourth-order valence-electron chi connectivity index (χ4n) is 1.23. The Balaban J connectivity index is 2.00. The van der Waals surface area contributed by atoms with Gasteiger partial charge in [-0.1, -0.05) is 0 Å². The lowest BCUT2D eigenvalue weighted by atomic mass is 10.2. The molecule has 4 heteroatoms. The van der Waals surface area contributed by atoms with E-state index < -0.39 is 0 Å². The van der Waals surface area contributed by atoms with Gasteiger partial charge in [-0.2, -0.15) is 0 Å². The first-order valence-electron chi connectivity index (χ1n) is 4.89. The molecule has 1 aromatic carbocycles. The zero-order valence-electron chi connectivity index (χ0n) is 8.20. The first-order chi connectivity index (χ1) is 7.16. The lowest BCUT2D eigenvalue weighted by Crippen LogP contribution is -2.08. The van der Waals surface area contributed by atoms with Crippen molar-refractivity contribution in [2.75, 3.05) is 12.3 Å². The summed E-state index contributed by atoms with van der Waals surface area (Å²) in [5.41, 5.74) is 6.73. The van der Waals surface area contributed by atoms with Crippen molar-refractivity contribution in [1.82, 2.24) is 0 Å². The summed E-state index contributed by atoms with van der Waals surface area (Å²) >= 11 is 3.27. The molecule has 80 valence electrons. The van der Waals surface area contributed by atoms with Crippen molar-refractivity contribution in [1.29, 1.82) is 0 Å². The Kier molecular flexibility index (Phi) is 2.95. The second-order valence-corrected chi connectivity index (χ2v) is 4.63. The van der Waals surface area contributed by atoms with Crippen molar-refractivity contribution < 1.29 is 9.53 Å².